The molecular formula is C9H13NS. The molecule has 0 heterocycles. The van der Waals surface area contributed by atoms with Crippen LogP contribution in [0.15, 0.2) is 30.3 Å². The van der Waals surface area contributed by atoms with E-state index in [4.69, 9.17) is 5.73 Å². The Morgan fingerprint density at radius 1 is 1.27 bits per heavy atom. The Bertz CT molecular complexity index is 198. The number of hydrogen-bond donors (Lipinski definition) is 2. The van der Waals surface area contributed by atoms with Crippen molar-refractivity contribution in [2.45, 2.75) is 12.5 Å². The molecular weight excluding hydrogens is 154 g/mol. The molecule has 1 aromatic carbocycles. The molecule has 0 bridgehead atoms. The van der Waals surface area contributed by atoms with Gasteiger partial charge in [0.25, 0.3) is 0 Å². The van der Waals surface area contributed by atoms with Gasteiger partial charge in [-0.05, 0) is 12.0 Å². The number of thiol groups is 1. The fraction of sp³-hybridized carbons (Fsp3) is 0.333. The van der Waals surface area contributed by atoms with Crippen LogP contribution in [0.3, 0.4) is 0 Å². The molecule has 1 aromatic rings. The maximum Gasteiger partial charge on any atom is 0.0168 e. The maximum absolute atomic E-state index is 5.73. The molecule has 1 nitrogen and oxygen atoms in total. The van der Waals surface area contributed by atoms with Gasteiger partial charge in [0, 0.05) is 11.8 Å². The first-order valence-corrected chi connectivity index (χ1v) is 4.36. The van der Waals surface area contributed by atoms with Gasteiger partial charge in [-0.3, -0.25) is 0 Å². The summed E-state index contributed by atoms with van der Waals surface area (Å²) in [4.78, 5) is 0. The highest BCUT2D eigenvalue weighted by atomic mass is 32.1. The van der Waals surface area contributed by atoms with Crippen LogP contribution in [0.4, 0.5) is 0 Å². The van der Waals surface area contributed by atoms with Crippen LogP contribution in [-0.2, 0) is 6.42 Å². The monoisotopic (exact) mass is 167 g/mol. The molecule has 11 heavy (non-hydrogen) atoms. The van der Waals surface area contributed by atoms with Crippen LogP contribution in [0.5, 0.6) is 0 Å². The third-order valence-corrected chi connectivity index (χ3v) is 2.04. The first-order valence-electron chi connectivity index (χ1n) is 3.73. The number of rotatable bonds is 3. The highest BCUT2D eigenvalue weighted by Gasteiger charge is 1.99. The molecule has 0 unspecified atom stereocenters. The van der Waals surface area contributed by atoms with Gasteiger partial charge in [-0.1, -0.05) is 30.3 Å². The molecule has 0 spiro atoms. The Morgan fingerprint density at radius 2 is 1.91 bits per heavy atom. The van der Waals surface area contributed by atoms with E-state index in [2.05, 4.69) is 24.8 Å². The highest BCUT2D eigenvalue weighted by molar-refractivity contribution is 7.80. The fourth-order valence-electron chi connectivity index (χ4n) is 0.981. The fourth-order valence-corrected chi connectivity index (χ4v) is 1.11. The Hall–Kier alpha value is -0.470. The molecule has 0 aromatic heterocycles. The van der Waals surface area contributed by atoms with Crippen LogP contribution < -0.4 is 5.73 Å². The summed E-state index contributed by atoms with van der Waals surface area (Å²) in [6.45, 7) is 0. The van der Waals surface area contributed by atoms with E-state index < -0.39 is 0 Å². The van der Waals surface area contributed by atoms with Crippen molar-refractivity contribution in [3.8, 4) is 0 Å². The second-order valence-electron chi connectivity index (χ2n) is 2.63. The lowest BCUT2D eigenvalue weighted by atomic mass is 10.1. The summed E-state index contributed by atoms with van der Waals surface area (Å²) in [5.74, 6) is 0.745. The largest absolute Gasteiger partial charge is 0.327 e. The van der Waals surface area contributed by atoms with Crippen molar-refractivity contribution >= 4 is 12.6 Å². The van der Waals surface area contributed by atoms with Gasteiger partial charge in [0.2, 0.25) is 0 Å². The molecule has 0 aliphatic heterocycles. The van der Waals surface area contributed by atoms with Crippen molar-refractivity contribution in [3.63, 3.8) is 0 Å². The van der Waals surface area contributed by atoms with Crippen molar-refractivity contribution in [2.24, 2.45) is 5.73 Å². The zero-order chi connectivity index (χ0) is 8.10. The van der Waals surface area contributed by atoms with Gasteiger partial charge in [0.15, 0.2) is 0 Å². The number of benzene rings is 1. The summed E-state index contributed by atoms with van der Waals surface area (Å²) >= 11 is 4.12. The first-order chi connectivity index (χ1) is 5.33. The van der Waals surface area contributed by atoms with Crippen LogP contribution in [0.2, 0.25) is 0 Å². The molecule has 0 saturated heterocycles. The molecule has 1 atom stereocenters. The van der Waals surface area contributed by atoms with E-state index in [1.807, 2.05) is 18.2 Å². The summed E-state index contributed by atoms with van der Waals surface area (Å²) in [5, 5.41) is 0. The highest BCUT2D eigenvalue weighted by Crippen LogP contribution is 2.01. The standard InChI is InChI=1S/C9H13NS/c10-9(7-11)6-8-4-2-1-3-5-8/h1-5,9,11H,6-7,10H2/t9-/m0/s1. The van der Waals surface area contributed by atoms with Crippen molar-refractivity contribution in [3.05, 3.63) is 35.9 Å². The van der Waals surface area contributed by atoms with E-state index in [0.717, 1.165) is 12.2 Å². The third-order valence-electron chi connectivity index (χ3n) is 1.58. The van der Waals surface area contributed by atoms with E-state index in [-0.39, 0.29) is 6.04 Å². The smallest absolute Gasteiger partial charge is 0.0168 e. The lowest BCUT2D eigenvalue weighted by molar-refractivity contribution is 0.751. The molecule has 0 amide bonds. The van der Waals surface area contributed by atoms with Gasteiger partial charge in [-0.15, -0.1) is 0 Å². The Balaban J connectivity index is 2.51. The summed E-state index contributed by atoms with van der Waals surface area (Å²) in [5.41, 5.74) is 7.01. The van der Waals surface area contributed by atoms with Crippen molar-refractivity contribution in [1.82, 2.24) is 0 Å². The number of nitrogens with two attached hydrogens (primary N) is 1. The van der Waals surface area contributed by atoms with Gasteiger partial charge < -0.3 is 5.73 Å². The quantitative estimate of drug-likeness (QED) is 0.655. The SMILES string of the molecule is N[C@H](CS)Cc1ccccc1. The van der Waals surface area contributed by atoms with Gasteiger partial charge in [-0.25, -0.2) is 0 Å². The molecule has 0 radical (unpaired) electrons. The zero-order valence-corrected chi connectivity index (χ0v) is 7.30. The van der Waals surface area contributed by atoms with Gasteiger partial charge in [0.1, 0.15) is 0 Å². The van der Waals surface area contributed by atoms with Crippen LogP contribution in [-0.4, -0.2) is 11.8 Å². The molecule has 0 aliphatic carbocycles. The molecule has 2 N–H and O–H groups in total. The Labute approximate surface area is 73.0 Å². The maximum atomic E-state index is 5.73. The van der Waals surface area contributed by atoms with E-state index in [1.165, 1.54) is 5.56 Å². The van der Waals surface area contributed by atoms with Crippen molar-refractivity contribution in [1.29, 1.82) is 0 Å². The molecule has 60 valence electrons. The lowest BCUT2D eigenvalue weighted by Gasteiger charge is -2.06. The van der Waals surface area contributed by atoms with E-state index in [9.17, 15) is 0 Å². The van der Waals surface area contributed by atoms with Gasteiger partial charge in [-0.2, -0.15) is 12.6 Å². The number of hydrogen-bond acceptors (Lipinski definition) is 2. The van der Waals surface area contributed by atoms with E-state index >= 15 is 0 Å². The lowest BCUT2D eigenvalue weighted by Crippen LogP contribution is -2.24. The van der Waals surface area contributed by atoms with Crippen LogP contribution in [0.1, 0.15) is 5.56 Å². The van der Waals surface area contributed by atoms with Crippen molar-refractivity contribution in [2.75, 3.05) is 5.75 Å². The summed E-state index contributed by atoms with van der Waals surface area (Å²) in [7, 11) is 0. The van der Waals surface area contributed by atoms with E-state index in [0.29, 0.717) is 0 Å². The minimum absolute atomic E-state index is 0.181. The van der Waals surface area contributed by atoms with Gasteiger partial charge in [0.05, 0.1) is 0 Å². The normalized spacial score (nSPS) is 12.9. The van der Waals surface area contributed by atoms with Crippen LogP contribution in [0.25, 0.3) is 0 Å². The topological polar surface area (TPSA) is 26.0 Å². The molecule has 1 rings (SSSR count). The first kappa shape index (κ1) is 8.62. The Morgan fingerprint density at radius 3 is 2.45 bits per heavy atom. The molecule has 0 saturated carbocycles. The average molecular weight is 167 g/mol. The molecule has 0 fully saturated rings. The summed E-state index contributed by atoms with van der Waals surface area (Å²) in [6, 6.07) is 10.4. The Kier molecular flexibility index (Phi) is 3.46. The minimum atomic E-state index is 0.181. The summed E-state index contributed by atoms with van der Waals surface area (Å²) in [6.07, 6.45) is 0.921. The third kappa shape index (κ3) is 2.95. The zero-order valence-electron chi connectivity index (χ0n) is 6.40. The molecule has 2 heteroatoms. The second kappa shape index (κ2) is 4.42. The molecule has 0 aliphatic rings. The second-order valence-corrected chi connectivity index (χ2v) is 3.00. The van der Waals surface area contributed by atoms with Crippen molar-refractivity contribution < 1.29 is 0 Å². The van der Waals surface area contributed by atoms with Crippen LogP contribution >= 0.6 is 12.6 Å². The summed E-state index contributed by atoms with van der Waals surface area (Å²) < 4.78 is 0. The van der Waals surface area contributed by atoms with Crippen LogP contribution in [0, 0.1) is 0 Å². The predicted octanol–water partition coefficient (Wildman–Crippen LogP) is 1.49. The minimum Gasteiger partial charge on any atom is -0.327 e. The van der Waals surface area contributed by atoms with Gasteiger partial charge >= 0.3 is 0 Å². The van der Waals surface area contributed by atoms with E-state index in [1.54, 1.807) is 0 Å². The predicted molar refractivity (Wildman–Crippen MR) is 52.0 cm³/mol. The average Bonchev–Trinajstić information content (AvgIpc) is 2.06.